The second-order valence-corrected chi connectivity index (χ2v) is 5.63. The zero-order valence-electron chi connectivity index (χ0n) is 12.3. The molecule has 0 aliphatic carbocycles. The summed E-state index contributed by atoms with van der Waals surface area (Å²) < 4.78 is 0. The van der Waals surface area contributed by atoms with Gasteiger partial charge in [-0.3, -0.25) is 4.79 Å². The highest BCUT2D eigenvalue weighted by Gasteiger charge is 2.34. The van der Waals surface area contributed by atoms with E-state index in [9.17, 15) is 14.7 Å². The fraction of sp³-hybridized carbons (Fsp3) is 0.222. The van der Waals surface area contributed by atoms with Gasteiger partial charge in [0, 0.05) is 18.5 Å². The molecule has 4 nitrogen and oxygen atoms in total. The topological polar surface area (TPSA) is 57.6 Å². The van der Waals surface area contributed by atoms with Crippen LogP contribution in [0.5, 0.6) is 0 Å². The van der Waals surface area contributed by atoms with Gasteiger partial charge in [-0.25, -0.2) is 4.79 Å². The Kier molecular flexibility index (Phi) is 3.67. The molecule has 1 aliphatic heterocycles. The van der Waals surface area contributed by atoms with Crippen molar-refractivity contribution in [1.82, 2.24) is 4.90 Å². The summed E-state index contributed by atoms with van der Waals surface area (Å²) in [5.41, 5.74) is 3.61. The standard InChI is InChI=1S/C18H17NO3/c1-12-6-8-13(9-7-12)17(20)19-11-15-5-3-2-4-14(15)10-16(19)18(21)22/h2-9,16H,10-11H2,1H3,(H,21,22)/t16-/m0/s1. The molecule has 22 heavy (non-hydrogen) atoms. The third-order valence-corrected chi connectivity index (χ3v) is 4.09. The van der Waals surface area contributed by atoms with Gasteiger partial charge >= 0.3 is 5.97 Å². The molecule has 0 radical (unpaired) electrons. The first-order chi connectivity index (χ1) is 10.6. The number of carboxylic acid groups (broad SMARTS) is 1. The molecule has 0 bridgehead atoms. The largest absolute Gasteiger partial charge is 0.480 e. The second-order valence-electron chi connectivity index (χ2n) is 5.63. The van der Waals surface area contributed by atoms with Crippen LogP contribution in [0.1, 0.15) is 27.0 Å². The Balaban J connectivity index is 1.95. The van der Waals surface area contributed by atoms with Crippen molar-refractivity contribution in [3.63, 3.8) is 0 Å². The Morgan fingerprint density at radius 2 is 1.68 bits per heavy atom. The molecule has 4 heteroatoms. The highest BCUT2D eigenvalue weighted by molar-refractivity contribution is 5.97. The van der Waals surface area contributed by atoms with Gasteiger partial charge in [-0.2, -0.15) is 0 Å². The SMILES string of the molecule is Cc1ccc(C(=O)N2Cc3ccccc3C[C@H]2C(=O)O)cc1. The van der Waals surface area contributed by atoms with Crippen LogP contribution in [0.3, 0.4) is 0 Å². The fourth-order valence-electron chi connectivity index (χ4n) is 2.82. The lowest BCUT2D eigenvalue weighted by atomic mass is 9.93. The molecule has 0 spiro atoms. The number of aryl methyl sites for hydroxylation is 1. The van der Waals surface area contributed by atoms with E-state index in [2.05, 4.69) is 0 Å². The number of rotatable bonds is 2. The summed E-state index contributed by atoms with van der Waals surface area (Å²) >= 11 is 0. The maximum absolute atomic E-state index is 12.7. The van der Waals surface area contributed by atoms with Crippen molar-refractivity contribution >= 4 is 11.9 Å². The van der Waals surface area contributed by atoms with Crippen molar-refractivity contribution in [2.45, 2.75) is 25.9 Å². The van der Waals surface area contributed by atoms with Gasteiger partial charge in [0.25, 0.3) is 5.91 Å². The molecule has 1 heterocycles. The Morgan fingerprint density at radius 3 is 2.32 bits per heavy atom. The third kappa shape index (κ3) is 2.60. The highest BCUT2D eigenvalue weighted by atomic mass is 16.4. The highest BCUT2D eigenvalue weighted by Crippen LogP contribution is 2.25. The number of amides is 1. The minimum atomic E-state index is -0.963. The molecule has 0 unspecified atom stereocenters. The van der Waals surface area contributed by atoms with Gasteiger partial charge in [-0.1, -0.05) is 42.0 Å². The molecule has 2 aromatic rings. The van der Waals surface area contributed by atoms with Crippen LogP contribution in [-0.4, -0.2) is 27.9 Å². The normalized spacial score (nSPS) is 17.0. The van der Waals surface area contributed by atoms with Gasteiger partial charge in [0.1, 0.15) is 6.04 Å². The predicted octanol–water partition coefficient (Wildman–Crippen LogP) is 2.65. The lowest BCUT2D eigenvalue weighted by molar-refractivity contribution is -0.142. The van der Waals surface area contributed by atoms with E-state index in [-0.39, 0.29) is 5.91 Å². The summed E-state index contributed by atoms with van der Waals surface area (Å²) in [6.07, 6.45) is 0.350. The smallest absolute Gasteiger partial charge is 0.326 e. The lowest BCUT2D eigenvalue weighted by Crippen LogP contribution is -2.48. The monoisotopic (exact) mass is 295 g/mol. The van der Waals surface area contributed by atoms with E-state index in [4.69, 9.17) is 0 Å². The number of nitrogens with zero attached hydrogens (tertiary/aromatic N) is 1. The second kappa shape index (κ2) is 5.64. The lowest BCUT2D eigenvalue weighted by Gasteiger charge is -2.34. The molecule has 2 aromatic carbocycles. The van der Waals surface area contributed by atoms with Crippen LogP contribution < -0.4 is 0 Å². The number of benzene rings is 2. The molecule has 1 aliphatic rings. The van der Waals surface area contributed by atoms with Crippen LogP contribution in [-0.2, 0) is 17.8 Å². The van der Waals surface area contributed by atoms with Crippen molar-refractivity contribution in [1.29, 1.82) is 0 Å². The molecule has 1 N–H and O–H groups in total. The first kappa shape index (κ1) is 14.3. The average molecular weight is 295 g/mol. The molecule has 3 rings (SSSR count). The molecular formula is C18H17NO3. The quantitative estimate of drug-likeness (QED) is 0.926. The van der Waals surface area contributed by atoms with E-state index in [0.29, 0.717) is 18.5 Å². The predicted molar refractivity (Wildman–Crippen MR) is 82.6 cm³/mol. The fourth-order valence-corrected chi connectivity index (χ4v) is 2.82. The van der Waals surface area contributed by atoms with Crippen LogP contribution in [0.2, 0.25) is 0 Å². The molecule has 0 fully saturated rings. The third-order valence-electron chi connectivity index (χ3n) is 4.09. The number of aliphatic carboxylic acids is 1. The van der Waals surface area contributed by atoms with Gasteiger partial charge in [0.15, 0.2) is 0 Å². The van der Waals surface area contributed by atoms with Gasteiger partial charge in [-0.05, 0) is 30.2 Å². The Morgan fingerprint density at radius 1 is 1.05 bits per heavy atom. The number of carboxylic acids is 1. The minimum absolute atomic E-state index is 0.234. The van der Waals surface area contributed by atoms with Crippen LogP contribution in [0.25, 0.3) is 0 Å². The zero-order valence-corrected chi connectivity index (χ0v) is 12.3. The average Bonchev–Trinajstić information content (AvgIpc) is 2.53. The number of carbonyl (C=O) groups excluding carboxylic acids is 1. The van der Waals surface area contributed by atoms with E-state index in [1.807, 2.05) is 43.3 Å². The summed E-state index contributed by atoms with van der Waals surface area (Å²) in [6.45, 7) is 2.28. The maximum atomic E-state index is 12.7. The number of fused-ring (bicyclic) bond motifs is 1. The number of carbonyl (C=O) groups is 2. The molecule has 0 saturated carbocycles. The summed E-state index contributed by atoms with van der Waals surface area (Å²) in [4.78, 5) is 25.7. The van der Waals surface area contributed by atoms with Crippen LogP contribution in [0.15, 0.2) is 48.5 Å². The van der Waals surface area contributed by atoms with Crippen LogP contribution >= 0.6 is 0 Å². The molecule has 1 amide bonds. The minimum Gasteiger partial charge on any atom is -0.480 e. The first-order valence-electron chi connectivity index (χ1n) is 7.23. The molecule has 1 atom stereocenters. The van der Waals surface area contributed by atoms with Crippen molar-refractivity contribution < 1.29 is 14.7 Å². The number of hydrogen-bond acceptors (Lipinski definition) is 2. The Hall–Kier alpha value is -2.62. The molecule has 112 valence electrons. The van der Waals surface area contributed by atoms with E-state index in [1.54, 1.807) is 12.1 Å². The zero-order chi connectivity index (χ0) is 15.7. The van der Waals surface area contributed by atoms with Gasteiger partial charge in [0.05, 0.1) is 0 Å². The molecular weight excluding hydrogens is 278 g/mol. The summed E-state index contributed by atoms with van der Waals surface area (Å²) in [6, 6.07) is 14.1. The van der Waals surface area contributed by atoms with Crippen molar-refractivity contribution in [2.24, 2.45) is 0 Å². The van der Waals surface area contributed by atoms with E-state index >= 15 is 0 Å². The van der Waals surface area contributed by atoms with Crippen molar-refractivity contribution in [2.75, 3.05) is 0 Å². The van der Waals surface area contributed by atoms with Gasteiger partial charge in [-0.15, -0.1) is 0 Å². The Bertz CT molecular complexity index is 721. The van der Waals surface area contributed by atoms with Crippen LogP contribution in [0, 0.1) is 6.92 Å². The maximum Gasteiger partial charge on any atom is 0.326 e. The molecule has 0 saturated heterocycles. The van der Waals surface area contributed by atoms with Gasteiger partial charge in [0.2, 0.25) is 0 Å². The van der Waals surface area contributed by atoms with Crippen LogP contribution in [0.4, 0.5) is 0 Å². The summed E-state index contributed by atoms with van der Waals surface area (Å²) in [5, 5.41) is 9.48. The van der Waals surface area contributed by atoms with E-state index in [1.165, 1.54) is 4.90 Å². The summed E-state index contributed by atoms with van der Waals surface area (Å²) in [5.74, 6) is -1.20. The molecule has 0 aromatic heterocycles. The number of hydrogen-bond donors (Lipinski definition) is 1. The van der Waals surface area contributed by atoms with E-state index in [0.717, 1.165) is 16.7 Å². The van der Waals surface area contributed by atoms with E-state index < -0.39 is 12.0 Å². The van der Waals surface area contributed by atoms with Gasteiger partial charge < -0.3 is 10.0 Å². The van der Waals surface area contributed by atoms with Crippen molar-refractivity contribution in [3.8, 4) is 0 Å². The summed E-state index contributed by atoms with van der Waals surface area (Å²) in [7, 11) is 0. The first-order valence-corrected chi connectivity index (χ1v) is 7.23. The Labute approximate surface area is 129 Å². The van der Waals surface area contributed by atoms with Crippen molar-refractivity contribution in [3.05, 3.63) is 70.8 Å².